The van der Waals surface area contributed by atoms with Gasteiger partial charge in [0, 0.05) is 29.7 Å². The highest BCUT2D eigenvalue weighted by Crippen LogP contribution is 2.37. The minimum absolute atomic E-state index is 0.412. The van der Waals surface area contributed by atoms with E-state index in [4.69, 9.17) is 0 Å². The summed E-state index contributed by atoms with van der Waals surface area (Å²) in [6.45, 7) is 5.49. The van der Waals surface area contributed by atoms with Gasteiger partial charge in [-0.15, -0.1) is 0 Å². The number of phenols is 1. The van der Waals surface area contributed by atoms with Crippen LogP contribution in [0.2, 0.25) is 0 Å². The standard InChI is InChI=1S/C16H23BrN2O/c17-14-3-4-15(20)13(9-14)10-19-8-2-6-16(12-19)5-1-7-18-11-16/h3-4,9,18,20H,1-2,5-8,10-12H2. The Labute approximate surface area is 129 Å². The Morgan fingerprint density at radius 3 is 2.95 bits per heavy atom. The maximum absolute atomic E-state index is 10.0. The molecule has 2 aliphatic rings. The molecule has 0 bridgehead atoms. The van der Waals surface area contributed by atoms with Crippen LogP contribution in [0.4, 0.5) is 0 Å². The molecule has 1 aromatic rings. The average Bonchev–Trinajstić information content (AvgIpc) is 2.44. The highest BCUT2D eigenvalue weighted by molar-refractivity contribution is 9.10. The minimum atomic E-state index is 0.412. The summed E-state index contributed by atoms with van der Waals surface area (Å²) in [6, 6.07) is 5.71. The fourth-order valence-corrected chi connectivity index (χ4v) is 4.15. The van der Waals surface area contributed by atoms with Crippen molar-refractivity contribution in [2.45, 2.75) is 32.2 Å². The van der Waals surface area contributed by atoms with Crippen molar-refractivity contribution in [1.82, 2.24) is 10.2 Å². The second-order valence-electron chi connectivity index (χ2n) is 6.37. The third kappa shape index (κ3) is 3.18. The van der Waals surface area contributed by atoms with Gasteiger partial charge in [0.15, 0.2) is 0 Å². The summed E-state index contributed by atoms with van der Waals surface area (Å²) in [6.07, 6.45) is 5.27. The number of hydrogen-bond acceptors (Lipinski definition) is 3. The van der Waals surface area contributed by atoms with E-state index < -0.39 is 0 Å². The van der Waals surface area contributed by atoms with Crippen LogP contribution in [0.5, 0.6) is 5.75 Å². The Kier molecular flexibility index (Phi) is 4.34. The van der Waals surface area contributed by atoms with Crippen LogP contribution in [0.1, 0.15) is 31.2 Å². The molecule has 4 heteroatoms. The quantitative estimate of drug-likeness (QED) is 0.869. The lowest BCUT2D eigenvalue weighted by atomic mass is 9.74. The summed E-state index contributed by atoms with van der Waals surface area (Å²) < 4.78 is 1.04. The van der Waals surface area contributed by atoms with E-state index in [1.807, 2.05) is 12.1 Å². The monoisotopic (exact) mass is 338 g/mol. The molecule has 2 fully saturated rings. The fraction of sp³-hybridized carbons (Fsp3) is 0.625. The van der Waals surface area contributed by atoms with Crippen LogP contribution >= 0.6 is 15.9 Å². The van der Waals surface area contributed by atoms with Crippen molar-refractivity contribution in [3.63, 3.8) is 0 Å². The number of phenolic OH excluding ortho intramolecular Hbond substituents is 1. The van der Waals surface area contributed by atoms with E-state index in [2.05, 4.69) is 26.1 Å². The number of aromatic hydroxyl groups is 1. The lowest BCUT2D eigenvalue weighted by Gasteiger charge is -2.45. The van der Waals surface area contributed by atoms with Gasteiger partial charge in [0.05, 0.1) is 0 Å². The Morgan fingerprint density at radius 2 is 2.15 bits per heavy atom. The zero-order chi connectivity index (χ0) is 14.0. The first-order valence-electron chi connectivity index (χ1n) is 7.57. The van der Waals surface area contributed by atoms with Gasteiger partial charge in [0.2, 0.25) is 0 Å². The van der Waals surface area contributed by atoms with Crippen molar-refractivity contribution in [2.24, 2.45) is 5.41 Å². The molecule has 1 aromatic carbocycles. The molecule has 3 rings (SSSR count). The van der Waals surface area contributed by atoms with Crippen LogP contribution in [0.3, 0.4) is 0 Å². The first-order valence-corrected chi connectivity index (χ1v) is 8.37. The van der Waals surface area contributed by atoms with E-state index in [-0.39, 0.29) is 0 Å². The van der Waals surface area contributed by atoms with E-state index >= 15 is 0 Å². The average molecular weight is 339 g/mol. The highest BCUT2D eigenvalue weighted by atomic mass is 79.9. The van der Waals surface area contributed by atoms with Crippen molar-refractivity contribution < 1.29 is 5.11 Å². The number of nitrogens with zero attached hydrogens (tertiary/aromatic N) is 1. The van der Waals surface area contributed by atoms with E-state index in [9.17, 15) is 5.11 Å². The maximum atomic E-state index is 10.0. The lowest BCUT2D eigenvalue weighted by molar-refractivity contribution is 0.0596. The third-order valence-electron chi connectivity index (χ3n) is 4.74. The van der Waals surface area contributed by atoms with E-state index in [0.29, 0.717) is 11.2 Å². The highest BCUT2D eigenvalue weighted by Gasteiger charge is 2.36. The van der Waals surface area contributed by atoms with Crippen LogP contribution in [0, 0.1) is 5.41 Å². The van der Waals surface area contributed by atoms with Crippen LogP contribution < -0.4 is 5.32 Å². The van der Waals surface area contributed by atoms with Gasteiger partial charge >= 0.3 is 0 Å². The Balaban J connectivity index is 1.69. The predicted octanol–water partition coefficient (Wildman–Crippen LogP) is 3.12. The second-order valence-corrected chi connectivity index (χ2v) is 7.28. The Hall–Kier alpha value is -0.580. The summed E-state index contributed by atoms with van der Waals surface area (Å²) >= 11 is 3.49. The number of hydrogen-bond donors (Lipinski definition) is 2. The molecule has 0 saturated carbocycles. The van der Waals surface area contributed by atoms with Crippen molar-refractivity contribution in [2.75, 3.05) is 26.2 Å². The molecule has 2 N–H and O–H groups in total. The maximum Gasteiger partial charge on any atom is 0.120 e. The summed E-state index contributed by atoms with van der Waals surface area (Å²) in [5, 5.41) is 13.6. The molecule has 0 aliphatic carbocycles. The summed E-state index contributed by atoms with van der Waals surface area (Å²) in [7, 11) is 0. The number of halogens is 1. The molecule has 2 saturated heterocycles. The van der Waals surface area contributed by atoms with Gasteiger partial charge in [0.1, 0.15) is 5.75 Å². The molecule has 2 heterocycles. The molecular formula is C16H23BrN2O. The van der Waals surface area contributed by atoms with Gasteiger partial charge in [-0.2, -0.15) is 0 Å². The van der Waals surface area contributed by atoms with Gasteiger partial charge in [0.25, 0.3) is 0 Å². The summed E-state index contributed by atoms with van der Waals surface area (Å²) in [5.41, 5.74) is 1.50. The molecule has 20 heavy (non-hydrogen) atoms. The number of nitrogens with one attached hydrogen (secondary N) is 1. The molecule has 0 radical (unpaired) electrons. The number of piperidine rings is 2. The molecule has 1 atom stereocenters. The topological polar surface area (TPSA) is 35.5 Å². The number of benzene rings is 1. The van der Waals surface area contributed by atoms with Crippen LogP contribution in [-0.4, -0.2) is 36.2 Å². The van der Waals surface area contributed by atoms with Gasteiger partial charge in [-0.3, -0.25) is 4.90 Å². The predicted molar refractivity (Wildman–Crippen MR) is 84.9 cm³/mol. The van der Waals surface area contributed by atoms with Crippen molar-refractivity contribution in [3.05, 3.63) is 28.2 Å². The SMILES string of the molecule is Oc1ccc(Br)cc1CN1CCCC2(CCCNC2)C1. The Morgan fingerprint density at radius 1 is 1.30 bits per heavy atom. The van der Waals surface area contributed by atoms with Crippen molar-refractivity contribution >= 4 is 15.9 Å². The molecular weight excluding hydrogens is 316 g/mol. The first-order chi connectivity index (χ1) is 9.67. The molecule has 3 nitrogen and oxygen atoms in total. The smallest absolute Gasteiger partial charge is 0.120 e. The van der Waals surface area contributed by atoms with E-state index in [0.717, 1.165) is 36.2 Å². The summed E-state index contributed by atoms with van der Waals surface area (Å²) in [4.78, 5) is 2.51. The molecule has 0 amide bonds. The minimum Gasteiger partial charge on any atom is -0.508 e. The molecule has 1 unspecified atom stereocenters. The lowest BCUT2D eigenvalue weighted by Crippen LogP contribution is -2.50. The van der Waals surface area contributed by atoms with E-state index in [1.54, 1.807) is 6.07 Å². The zero-order valence-electron chi connectivity index (χ0n) is 11.9. The van der Waals surface area contributed by atoms with E-state index in [1.165, 1.54) is 32.2 Å². The van der Waals surface area contributed by atoms with Crippen LogP contribution in [0.25, 0.3) is 0 Å². The summed E-state index contributed by atoms with van der Waals surface area (Å²) in [5.74, 6) is 0.412. The van der Waals surface area contributed by atoms with Gasteiger partial charge in [-0.1, -0.05) is 15.9 Å². The molecule has 110 valence electrons. The van der Waals surface area contributed by atoms with Crippen molar-refractivity contribution in [3.8, 4) is 5.75 Å². The normalized spacial score (nSPS) is 27.9. The second kappa shape index (κ2) is 6.04. The number of rotatable bonds is 2. The zero-order valence-corrected chi connectivity index (χ0v) is 13.5. The molecule has 1 spiro atoms. The fourth-order valence-electron chi connectivity index (χ4n) is 3.75. The van der Waals surface area contributed by atoms with Crippen LogP contribution in [-0.2, 0) is 6.54 Å². The van der Waals surface area contributed by atoms with Crippen molar-refractivity contribution in [1.29, 1.82) is 0 Å². The van der Waals surface area contributed by atoms with Gasteiger partial charge in [-0.25, -0.2) is 0 Å². The number of likely N-dealkylation sites (tertiary alicyclic amines) is 1. The van der Waals surface area contributed by atoms with Gasteiger partial charge in [-0.05, 0) is 62.4 Å². The molecule has 0 aromatic heterocycles. The third-order valence-corrected chi connectivity index (χ3v) is 5.23. The first kappa shape index (κ1) is 14.4. The Bertz CT molecular complexity index is 466. The van der Waals surface area contributed by atoms with Gasteiger partial charge < -0.3 is 10.4 Å². The van der Waals surface area contributed by atoms with Crippen LogP contribution in [0.15, 0.2) is 22.7 Å². The largest absolute Gasteiger partial charge is 0.508 e. The molecule has 2 aliphatic heterocycles.